The van der Waals surface area contributed by atoms with Crippen LogP contribution in [0.1, 0.15) is 36.6 Å². The first kappa shape index (κ1) is 13.9. The van der Waals surface area contributed by atoms with E-state index < -0.39 is 0 Å². The molecule has 4 rings (SSSR count). The smallest absolute Gasteiger partial charge is 0.123 e. The predicted molar refractivity (Wildman–Crippen MR) is 84.2 cm³/mol. The Morgan fingerprint density at radius 1 is 1.23 bits per heavy atom. The highest BCUT2D eigenvalue weighted by molar-refractivity contribution is 5.23. The molecule has 116 valence electrons. The van der Waals surface area contributed by atoms with Gasteiger partial charge in [-0.3, -0.25) is 0 Å². The van der Waals surface area contributed by atoms with Crippen LogP contribution in [0.15, 0.2) is 36.7 Å². The molecular formula is C18H22FN3. The fourth-order valence-electron chi connectivity index (χ4n) is 3.73. The summed E-state index contributed by atoms with van der Waals surface area (Å²) >= 11 is 0. The largest absolute Gasteiger partial charge is 0.335 e. The van der Waals surface area contributed by atoms with Gasteiger partial charge in [0.25, 0.3) is 0 Å². The van der Waals surface area contributed by atoms with E-state index in [9.17, 15) is 4.39 Å². The van der Waals surface area contributed by atoms with Crippen LogP contribution in [0.25, 0.3) is 0 Å². The van der Waals surface area contributed by atoms with Crippen molar-refractivity contribution < 1.29 is 4.39 Å². The van der Waals surface area contributed by atoms with Gasteiger partial charge in [-0.2, -0.15) is 0 Å². The lowest BCUT2D eigenvalue weighted by atomic mass is 9.75. The number of fused-ring (bicyclic) bond motifs is 1. The second-order valence-electron chi connectivity index (χ2n) is 6.73. The van der Waals surface area contributed by atoms with Crippen LogP contribution in [-0.2, 0) is 13.0 Å². The topological polar surface area (TPSA) is 29.9 Å². The minimum absolute atomic E-state index is 0.145. The molecule has 1 fully saturated rings. The van der Waals surface area contributed by atoms with Crippen LogP contribution < -0.4 is 5.32 Å². The number of hydrogen-bond acceptors (Lipinski definition) is 2. The highest BCUT2D eigenvalue weighted by Gasteiger charge is 2.30. The predicted octanol–water partition coefficient (Wildman–Crippen LogP) is 3.12. The van der Waals surface area contributed by atoms with Crippen molar-refractivity contribution >= 4 is 0 Å². The molecule has 2 aromatic rings. The lowest BCUT2D eigenvalue weighted by molar-refractivity contribution is 0.256. The van der Waals surface area contributed by atoms with Gasteiger partial charge in [-0.25, -0.2) is 9.37 Å². The van der Waals surface area contributed by atoms with E-state index in [1.807, 2.05) is 18.3 Å². The van der Waals surface area contributed by atoms with Crippen molar-refractivity contribution in [1.29, 1.82) is 0 Å². The van der Waals surface area contributed by atoms with E-state index in [-0.39, 0.29) is 5.82 Å². The van der Waals surface area contributed by atoms with Crippen LogP contribution in [0.4, 0.5) is 4.39 Å². The highest BCUT2D eigenvalue weighted by atomic mass is 19.1. The maximum absolute atomic E-state index is 12.9. The Labute approximate surface area is 130 Å². The fourth-order valence-corrected chi connectivity index (χ4v) is 3.73. The molecule has 1 aromatic carbocycles. The van der Waals surface area contributed by atoms with Crippen molar-refractivity contribution in [3.8, 4) is 0 Å². The normalized spacial score (nSPS) is 27.2. The molecule has 0 amide bonds. The molecule has 0 bridgehead atoms. The summed E-state index contributed by atoms with van der Waals surface area (Å²) < 4.78 is 15.2. The fraction of sp³-hybridized carbons (Fsp3) is 0.500. The molecular weight excluding hydrogens is 277 g/mol. The summed E-state index contributed by atoms with van der Waals surface area (Å²) in [5.41, 5.74) is 1.28. The average molecular weight is 299 g/mol. The number of hydrogen-bond donors (Lipinski definition) is 1. The van der Waals surface area contributed by atoms with Gasteiger partial charge in [0, 0.05) is 31.4 Å². The van der Waals surface area contributed by atoms with E-state index in [1.165, 1.54) is 30.7 Å². The van der Waals surface area contributed by atoms with Crippen molar-refractivity contribution in [1.82, 2.24) is 14.9 Å². The standard InChI is InChI=1S/C18H22FN3/c19-16-4-2-14(3-5-16)15-9-17(10-15)21-11-13-1-6-18-20-7-8-22(18)12-13/h2-5,7-8,13,15,17,21H,1,6,9-12H2. The SMILES string of the molecule is Fc1ccc(C2CC(NCC3CCc4nccn4C3)C2)cc1. The van der Waals surface area contributed by atoms with Gasteiger partial charge in [-0.1, -0.05) is 12.1 Å². The molecule has 2 aliphatic rings. The second-order valence-corrected chi connectivity index (χ2v) is 6.73. The third-order valence-corrected chi connectivity index (χ3v) is 5.21. The Kier molecular flexibility index (Phi) is 3.70. The molecule has 2 heterocycles. The van der Waals surface area contributed by atoms with Crippen LogP contribution in [0.5, 0.6) is 0 Å². The molecule has 0 spiro atoms. The zero-order chi connectivity index (χ0) is 14.9. The van der Waals surface area contributed by atoms with Crippen LogP contribution in [0.3, 0.4) is 0 Å². The van der Waals surface area contributed by atoms with Gasteiger partial charge in [0.15, 0.2) is 0 Å². The summed E-state index contributed by atoms with van der Waals surface area (Å²) in [7, 11) is 0. The van der Waals surface area contributed by atoms with Gasteiger partial charge < -0.3 is 9.88 Å². The molecule has 1 unspecified atom stereocenters. The molecule has 22 heavy (non-hydrogen) atoms. The van der Waals surface area contributed by atoms with E-state index in [1.54, 1.807) is 12.1 Å². The molecule has 1 aliphatic carbocycles. The van der Waals surface area contributed by atoms with Gasteiger partial charge in [0.1, 0.15) is 11.6 Å². The Morgan fingerprint density at radius 3 is 2.86 bits per heavy atom. The second kappa shape index (κ2) is 5.84. The van der Waals surface area contributed by atoms with Crippen molar-refractivity contribution in [2.24, 2.45) is 5.92 Å². The van der Waals surface area contributed by atoms with Gasteiger partial charge in [-0.15, -0.1) is 0 Å². The lowest BCUT2D eigenvalue weighted by Crippen LogP contribution is -2.43. The molecule has 1 aromatic heterocycles. The third kappa shape index (κ3) is 2.80. The van der Waals surface area contributed by atoms with Gasteiger partial charge >= 0.3 is 0 Å². The Balaban J connectivity index is 1.23. The van der Waals surface area contributed by atoms with Gasteiger partial charge in [0.05, 0.1) is 0 Å². The third-order valence-electron chi connectivity index (χ3n) is 5.21. The monoisotopic (exact) mass is 299 g/mol. The summed E-state index contributed by atoms with van der Waals surface area (Å²) in [6, 6.07) is 7.62. The quantitative estimate of drug-likeness (QED) is 0.940. The van der Waals surface area contributed by atoms with E-state index in [0.717, 1.165) is 19.5 Å². The molecule has 1 aliphatic heterocycles. The first-order valence-corrected chi connectivity index (χ1v) is 8.27. The summed E-state index contributed by atoms with van der Waals surface area (Å²) in [5.74, 6) is 2.40. The average Bonchev–Trinajstić information content (AvgIpc) is 2.95. The number of aryl methyl sites for hydroxylation is 1. The summed E-state index contributed by atoms with van der Waals surface area (Å²) in [6.45, 7) is 2.19. The van der Waals surface area contributed by atoms with E-state index >= 15 is 0 Å². The maximum atomic E-state index is 12.9. The lowest BCUT2D eigenvalue weighted by Gasteiger charge is -2.37. The van der Waals surface area contributed by atoms with Crippen molar-refractivity contribution in [2.75, 3.05) is 6.54 Å². The Hall–Kier alpha value is -1.68. The summed E-state index contributed by atoms with van der Waals surface area (Å²) in [6.07, 6.45) is 8.68. The van der Waals surface area contributed by atoms with E-state index in [4.69, 9.17) is 0 Å². The number of halogens is 1. The van der Waals surface area contributed by atoms with Gasteiger partial charge in [0.2, 0.25) is 0 Å². The molecule has 1 saturated carbocycles. The maximum Gasteiger partial charge on any atom is 0.123 e. The van der Waals surface area contributed by atoms with Crippen LogP contribution in [0, 0.1) is 11.7 Å². The number of benzene rings is 1. The number of imidazole rings is 1. The number of rotatable bonds is 4. The molecule has 3 nitrogen and oxygen atoms in total. The minimum Gasteiger partial charge on any atom is -0.335 e. The Bertz CT molecular complexity index is 628. The zero-order valence-corrected chi connectivity index (χ0v) is 12.7. The van der Waals surface area contributed by atoms with Crippen molar-refractivity contribution in [3.05, 3.63) is 53.9 Å². The molecule has 0 saturated heterocycles. The van der Waals surface area contributed by atoms with Crippen LogP contribution in [0.2, 0.25) is 0 Å². The molecule has 4 heteroatoms. The number of nitrogens with one attached hydrogen (secondary N) is 1. The van der Waals surface area contributed by atoms with Crippen molar-refractivity contribution in [2.45, 2.75) is 44.2 Å². The minimum atomic E-state index is -0.145. The van der Waals surface area contributed by atoms with Gasteiger partial charge in [-0.05, 0) is 55.3 Å². The number of nitrogens with zero attached hydrogens (tertiary/aromatic N) is 2. The first-order valence-electron chi connectivity index (χ1n) is 8.27. The van der Waals surface area contributed by atoms with Crippen LogP contribution in [-0.4, -0.2) is 22.1 Å². The zero-order valence-electron chi connectivity index (χ0n) is 12.7. The van der Waals surface area contributed by atoms with E-state index in [0.29, 0.717) is 17.9 Å². The molecule has 0 radical (unpaired) electrons. The Morgan fingerprint density at radius 2 is 2.05 bits per heavy atom. The first-order chi connectivity index (χ1) is 10.8. The highest BCUT2D eigenvalue weighted by Crippen LogP contribution is 2.37. The molecule has 1 atom stereocenters. The number of aromatic nitrogens is 2. The summed E-state index contributed by atoms with van der Waals surface area (Å²) in [5, 5.41) is 3.72. The van der Waals surface area contributed by atoms with Crippen LogP contribution >= 0.6 is 0 Å². The summed E-state index contributed by atoms with van der Waals surface area (Å²) in [4.78, 5) is 4.38. The molecule has 1 N–H and O–H groups in total. The van der Waals surface area contributed by atoms with Crippen molar-refractivity contribution in [3.63, 3.8) is 0 Å². The van der Waals surface area contributed by atoms with E-state index in [2.05, 4.69) is 21.1 Å².